The molecule has 20 heavy (non-hydrogen) atoms. The lowest BCUT2D eigenvalue weighted by Crippen LogP contribution is -2.43. The molecule has 0 fully saturated rings. The molecule has 0 saturated heterocycles. The number of anilines is 1. The second-order valence-electron chi connectivity index (χ2n) is 5.85. The normalized spacial score (nSPS) is 19.4. The molecule has 2 rings (SSSR count). The Kier molecular flexibility index (Phi) is 3.97. The quantitative estimate of drug-likeness (QED) is 0.920. The van der Waals surface area contributed by atoms with Crippen LogP contribution in [-0.4, -0.2) is 38.0 Å². The third kappa shape index (κ3) is 3.64. The highest BCUT2D eigenvalue weighted by molar-refractivity contribution is 7.92. The number of nitrogens with zero attached hydrogens (tertiary/aromatic N) is 1. The van der Waals surface area contributed by atoms with Gasteiger partial charge in [0.05, 0.1) is 24.1 Å². The van der Waals surface area contributed by atoms with Gasteiger partial charge in [-0.25, -0.2) is 8.42 Å². The Bertz CT molecular complexity index is 577. The molecule has 0 aliphatic carbocycles. The average Bonchev–Trinajstić information content (AvgIpc) is 2.33. The summed E-state index contributed by atoms with van der Waals surface area (Å²) >= 11 is 0. The molecule has 5 nitrogen and oxygen atoms in total. The molecular weight excluding hydrogens is 278 g/mol. The summed E-state index contributed by atoms with van der Waals surface area (Å²) in [5, 5.41) is 9.78. The van der Waals surface area contributed by atoms with Crippen LogP contribution in [0.3, 0.4) is 0 Å². The predicted octanol–water partition coefficient (Wildman–Crippen LogP) is 1.76. The Morgan fingerprint density at radius 2 is 2.05 bits per heavy atom. The van der Waals surface area contributed by atoms with Gasteiger partial charge in [-0.3, -0.25) is 4.31 Å². The largest absolute Gasteiger partial charge is 0.486 e. The van der Waals surface area contributed by atoms with E-state index >= 15 is 0 Å². The van der Waals surface area contributed by atoms with Gasteiger partial charge in [0, 0.05) is 0 Å². The van der Waals surface area contributed by atoms with Crippen LogP contribution >= 0.6 is 0 Å². The summed E-state index contributed by atoms with van der Waals surface area (Å²) in [6.45, 7) is 3.75. The molecule has 112 valence electrons. The summed E-state index contributed by atoms with van der Waals surface area (Å²) in [4.78, 5) is 0. The Morgan fingerprint density at radius 3 is 2.65 bits per heavy atom. The zero-order valence-electron chi connectivity index (χ0n) is 12.0. The molecule has 1 unspecified atom stereocenters. The Balaban J connectivity index is 2.23. The number of hydrogen-bond donors (Lipinski definition) is 1. The average molecular weight is 299 g/mol. The van der Waals surface area contributed by atoms with Crippen LogP contribution in [0.4, 0.5) is 5.69 Å². The summed E-state index contributed by atoms with van der Waals surface area (Å²) in [6.07, 6.45) is 2.11. The predicted molar refractivity (Wildman–Crippen MR) is 78.6 cm³/mol. The monoisotopic (exact) mass is 299 g/mol. The molecule has 1 aliphatic heterocycles. The van der Waals surface area contributed by atoms with Crippen molar-refractivity contribution >= 4 is 15.7 Å². The second-order valence-corrected chi connectivity index (χ2v) is 7.76. The first-order valence-corrected chi connectivity index (χ1v) is 8.47. The maximum Gasteiger partial charge on any atom is 0.232 e. The van der Waals surface area contributed by atoms with E-state index in [1.54, 1.807) is 32.0 Å². The van der Waals surface area contributed by atoms with E-state index in [9.17, 15) is 13.5 Å². The third-order valence-electron chi connectivity index (χ3n) is 3.28. The molecule has 0 amide bonds. The van der Waals surface area contributed by atoms with Crippen molar-refractivity contribution in [3.05, 3.63) is 24.3 Å². The van der Waals surface area contributed by atoms with Gasteiger partial charge in [0.1, 0.15) is 11.9 Å². The minimum atomic E-state index is -3.34. The van der Waals surface area contributed by atoms with E-state index in [1.807, 2.05) is 6.07 Å². The third-order valence-corrected chi connectivity index (χ3v) is 4.42. The first-order valence-electron chi connectivity index (χ1n) is 6.62. The maximum absolute atomic E-state index is 11.9. The Hall–Kier alpha value is -1.27. The smallest absolute Gasteiger partial charge is 0.232 e. The first kappa shape index (κ1) is 15.1. The maximum atomic E-state index is 11.9. The van der Waals surface area contributed by atoms with Crippen molar-refractivity contribution in [2.75, 3.05) is 17.1 Å². The summed E-state index contributed by atoms with van der Waals surface area (Å²) in [5.74, 6) is 0.574. The van der Waals surface area contributed by atoms with Gasteiger partial charge < -0.3 is 9.84 Å². The highest BCUT2D eigenvalue weighted by Crippen LogP contribution is 2.35. The van der Waals surface area contributed by atoms with Crippen molar-refractivity contribution in [3.63, 3.8) is 0 Å². The minimum absolute atomic E-state index is 0.244. The number of sulfonamides is 1. The number of fused-ring (bicyclic) bond motifs is 1. The second kappa shape index (κ2) is 5.26. The highest BCUT2D eigenvalue weighted by atomic mass is 32.2. The van der Waals surface area contributed by atoms with E-state index in [2.05, 4.69) is 0 Å². The lowest BCUT2D eigenvalue weighted by Gasteiger charge is -2.35. The molecule has 0 radical (unpaired) electrons. The van der Waals surface area contributed by atoms with Crippen molar-refractivity contribution in [1.82, 2.24) is 0 Å². The topological polar surface area (TPSA) is 66.8 Å². The van der Waals surface area contributed by atoms with Gasteiger partial charge in [0.25, 0.3) is 0 Å². The van der Waals surface area contributed by atoms with Crippen LogP contribution in [0, 0.1) is 0 Å². The number of rotatable bonds is 4. The van der Waals surface area contributed by atoms with Gasteiger partial charge in [-0.1, -0.05) is 12.1 Å². The van der Waals surface area contributed by atoms with Crippen molar-refractivity contribution in [2.24, 2.45) is 0 Å². The van der Waals surface area contributed by atoms with E-state index in [-0.39, 0.29) is 12.6 Å². The van der Waals surface area contributed by atoms with Crippen LogP contribution in [0.5, 0.6) is 5.75 Å². The van der Waals surface area contributed by atoms with Crippen LogP contribution in [0.15, 0.2) is 24.3 Å². The Morgan fingerprint density at radius 1 is 1.40 bits per heavy atom. The molecule has 1 aromatic carbocycles. The summed E-state index contributed by atoms with van der Waals surface area (Å²) < 4.78 is 31.0. The van der Waals surface area contributed by atoms with E-state index in [0.29, 0.717) is 24.3 Å². The number of para-hydroxylation sites is 2. The van der Waals surface area contributed by atoms with Crippen LogP contribution in [0.2, 0.25) is 0 Å². The van der Waals surface area contributed by atoms with Gasteiger partial charge >= 0.3 is 0 Å². The fourth-order valence-corrected chi connectivity index (χ4v) is 3.19. The zero-order valence-corrected chi connectivity index (χ0v) is 12.9. The molecule has 0 saturated carbocycles. The molecular formula is C14H21NO4S. The zero-order chi connectivity index (χ0) is 15.0. The lowest BCUT2D eigenvalue weighted by atomic mass is 10.00. The molecule has 6 heteroatoms. The van der Waals surface area contributed by atoms with E-state index in [4.69, 9.17) is 4.74 Å². The van der Waals surface area contributed by atoms with E-state index < -0.39 is 15.6 Å². The van der Waals surface area contributed by atoms with Gasteiger partial charge in [0.2, 0.25) is 10.0 Å². The number of benzene rings is 1. The minimum Gasteiger partial charge on any atom is -0.486 e. The molecule has 0 aromatic heterocycles. The molecule has 1 atom stereocenters. The van der Waals surface area contributed by atoms with Crippen molar-refractivity contribution in [3.8, 4) is 5.75 Å². The number of hydrogen-bond acceptors (Lipinski definition) is 4. The van der Waals surface area contributed by atoms with Gasteiger partial charge in [-0.15, -0.1) is 0 Å². The standard InChI is InChI=1S/C14H21NO4S/c1-14(2,16)9-8-11-10-15(20(3,17)18)12-6-4-5-7-13(12)19-11/h4-7,11,16H,8-10H2,1-3H3. The first-order chi connectivity index (χ1) is 9.17. The SMILES string of the molecule is CC(C)(O)CCC1CN(S(C)(=O)=O)c2ccccc2O1. The number of aliphatic hydroxyl groups is 1. The van der Waals surface area contributed by atoms with Crippen LogP contribution < -0.4 is 9.04 Å². The van der Waals surface area contributed by atoms with Gasteiger partial charge in [-0.2, -0.15) is 0 Å². The molecule has 1 heterocycles. The fourth-order valence-electron chi connectivity index (χ4n) is 2.24. The molecule has 1 aliphatic rings. The van der Waals surface area contributed by atoms with Crippen molar-refractivity contribution < 1.29 is 18.3 Å². The summed E-state index contributed by atoms with van der Waals surface area (Å²) in [5.41, 5.74) is -0.203. The van der Waals surface area contributed by atoms with E-state index in [1.165, 1.54) is 10.6 Å². The van der Waals surface area contributed by atoms with Gasteiger partial charge in [-0.05, 0) is 38.8 Å². The number of ether oxygens (including phenoxy) is 1. The van der Waals surface area contributed by atoms with Gasteiger partial charge in [0.15, 0.2) is 0 Å². The van der Waals surface area contributed by atoms with Crippen molar-refractivity contribution in [2.45, 2.75) is 38.4 Å². The highest BCUT2D eigenvalue weighted by Gasteiger charge is 2.31. The van der Waals surface area contributed by atoms with Crippen LogP contribution in [0.25, 0.3) is 0 Å². The van der Waals surface area contributed by atoms with Crippen LogP contribution in [0.1, 0.15) is 26.7 Å². The van der Waals surface area contributed by atoms with E-state index in [0.717, 1.165) is 0 Å². The fraction of sp³-hybridized carbons (Fsp3) is 0.571. The summed E-state index contributed by atoms with van der Waals surface area (Å²) in [7, 11) is -3.34. The molecule has 0 bridgehead atoms. The van der Waals surface area contributed by atoms with Crippen molar-refractivity contribution in [1.29, 1.82) is 0 Å². The molecule has 1 N–H and O–H groups in total. The summed E-state index contributed by atoms with van der Waals surface area (Å²) in [6, 6.07) is 7.11. The Labute approximate surface area is 120 Å². The molecule has 1 aromatic rings. The van der Waals surface area contributed by atoms with Crippen LogP contribution in [-0.2, 0) is 10.0 Å². The molecule has 0 spiro atoms. The lowest BCUT2D eigenvalue weighted by molar-refractivity contribution is 0.0534.